The summed E-state index contributed by atoms with van der Waals surface area (Å²) in [7, 11) is 0. The van der Waals surface area contributed by atoms with Crippen molar-refractivity contribution in [1.82, 2.24) is 10.3 Å². The van der Waals surface area contributed by atoms with Crippen LogP contribution in [0.3, 0.4) is 0 Å². The zero-order valence-electron chi connectivity index (χ0n) is 10.7. The average molecular weight is 314 g/mol. The van der Waals surface area contributed by atoms with Gasteiger partial charge in [-0.3, -0.25) is 10.1 Å². The third-order valence-electron chi connectivity index (χ3n) is 2.69. The molecule has 106 valence electrons. The molecule has 2 rings (SSSR count). The summed E-state index contributed by atoms with van der Waals surface area (Å²) in [6.45, 7) is 1.99. The standard InChI is InChI=1S/C13H13ClFN3OS/c1-7(17-5-12(16)19)13-18-11(6-20-13)8-2-3-10(15)9(14)4-8/h2-4,6-7,17H,5H2,1H3,(H2,16,19). The van der Waals surface area contributed by atoms with E-state index in [1.165, 1.54) is 23.5 Å². The Morgan fingerprint density at radius 2 is 2.35 bits per heavy atom. The molecule has 0 aliphatic carbocycles. The number of hydrogen-bond donors (Lipinski definition) is 2. The summed E-state index contributed by atoms with van der Waals surface area (Å²) in [6, 6.07) is 4.39. The van der Waals surface area contributed by atoms with Gasteiger partial charge in [-0.1, -0.05) is 11.6 Å². The van der Waals surface area contributed by atoms with Gasteiger partial charge in [0, 0.05) is 10.9 Å². The Balaban J connectivity index is 2.15. The summed E-state index contributed by atoms with van der Waals surface area (Å²) in [6.07, 6.45) is 0. The lowest BCUT2D eigenvalue weighted by Crippen LogP contribution is -2.30. The van der Waals surface area contributed by atoms with Crippen LogP contribution in [-0.4, -0.2) is 17.4 Å². The van der Waals surface area contributed by atoms with E-state index in [1.54, 1.807) is 6.07 Å². The van der Waals surface area contributed by atoms with E-state index in [2.05, 4.69) is 10.3 Å². The van der Waals surface area contributed by atoms with E-state index in [-0.39, 0.29) is 17.6 Å². The summed E-state index contributed by atoms with van der Waals surface area (Å²) in [5, 5.41) is 5.72. The van der Waals surface area contributed by atoms with Gasteiger partial charge in [0.2, 0.25) is 5.91 Å². The first kappa shape index (κ1) is 14.9. The molecule has 0 aliphatic heterocycles. The van der Waals surface area contributed by atoms with Crippen molar-refractivity contribution in [2.75, 3.05) is 6.54 Å². The van der Waals surface area contributed by atoms with Gasteiger partial charge in [0.25, 0.3) is 0 Å². The highest BCUT2D eigenvalue weighted by Gasteiger charge is 2.12. The molecule has 1 amide bonds. The van der Waals surface area contributed by atoms with Crippen LogP contribution in [0.15, 0.2) is 23.6 Å². The summed E-state index contributed by atoms with van der Waals surface area (Å²) in [5.41, 5.74) is 6.55. The second-order valence-electron chi connectivity index (χ2n) is 4.27. The molecular weight excluding hydrogens is 301 g/mol. The molecule has 0 aliphatic rings. The summed E-state index contributed by atoms with van der Waals surface area (Å²) < 4.78 is 13.1. The van der Waals surface area contributed by atoms with E-state index in [9.17, 15) is 9.18 Å². The van der Waals surface area contributed by atoms with E-state index in [0.29, 0.717) is 0 Å². The lowest BCUT2D eigenvalue weighted by Gasteiger charge is -2.08. The van der Waals surface area contributed by atoms with Gasteiger partial charge in [0.05, 0.1) is 23.3 Å². The number of carbonyl (C=O) groups is 1. The van der Waals surface area contributed by atoms with Crippen LogP contribution in [0.2, 0.25) is 5.02 Å². The van der Waals surface area contributed by atoms with Crippen molar-refractivity contribution >= 4 is 28.8 Å². The van der Waals surface area contributed by atoms with Crippen molar-refractivity contribution in [2.24, 2.45) is 5.73 Å². The maximum absolute atomic E-state index is 13.1. The Kier molecular flexibility index (Phi) is 4.69. The van der Waals surface area contributed by atoms with Gasteiger partial charge in [0.15, 0.2) is 0 Å². The van der Waals surface area contributed by atoms with Crippen LogP contribution in [0.1, 0.15) is 18.0 Å². The van der Waals surface area contributed by atoms with E-state index in [4.69, 9.17) is 17.3 Å². The molecule has 0 saturated carbocycles. The number of nitrogens with zero attached hydrogens (tertiary/aromatic N) is 1. The van der Waals surface area contributed by atoms with Crippen molar-refractivity contribution in [3.05, 3.63) is 39.4 Å². The largest absolute Gasteiger partial charge is 0.369 e. The van der Waals surface area contributed by atoms with Gasteiger partial charge in [0.1, 0.15) is 10.8 Å². The van der Waals surface area contributed by atoms with Gasteiger partial charge in [-0.25, -0.2) is 9.37 Å². The van der Waals surface area contributed by atoms with Crippen molar-refractivity contribution in [3.63, 3.8) is 0 Å². The quantitative estimate of drug-likeness (QED) is 0.892. The van der Waals surface area contributed by atoms with Gasteiger partial charge >= 0.3 is 0 Å². The zero-order chi connectivity index (χ0) is 14.7. The second kappa shape index (κ2) is 6.30. The fraction of sp³-hybridized carbons (Fsp3) is 0.231. The molecule has 1 aromatic heterocycles. The first-order valence-corrected chi connectivity index (χ1v) is 7.15. The normalized spacial score (nSPS) is 12.3. The molecule has 0 fully saturated rings. The van der Waals surface area contributed by atoms with Gasteiger partial charge in [-0.15, -0.1) is 11.3 Å². The van der Waals surface area contributed by atoms with Gasteiger partial charge < -0.3 is 5.73 Å². The molecular formula is C13H13ClFN3OS. The Morgan fingerprint density at radius 3 is 3.00 bits per heavy atom. The van der Waals surface area contributed by atoms with Crippen LogP contribution in [0.25, 0.3) is 11.3 Å². The predicted molar refractivity (Wildman–Crippen MR) is 78.1 cm³/mol. The Bertz CT molecular complexity index is 632. The molecule has 0 saturated heterocycles. The maximum Gasteiger partial charge on any atom is 0.231 e. The van der Waals surface area contributed by atoms with Crippen molar-refractivity contribution in [2.45, 2.75) is 13.0 Å². The smallest absolute Gasteiger partial charge is 0.231 e. The second-order valence-corrected chi connectivity index (χ2v) is 5.57. The number of hydrogen-bond acceptors (Lipinski definition) is 4. The number of nitrogens with one attached hydrogen (secondary N) is 1. The van der Waals surface area contributed by atoms with Gasteiger partial charge in [-0.05, 0) is 25.1 Å². The number of thiazole rings is 1. The molecule has 1 aromatic carbocycles. The van der Waals surface area contributed by atoms with Crippen LogP contribution in [0.4, 0.5) is 4.39 Å². The highest BCUT2D eigenvalue weighted by atomic mass is 35.5. The van der Waals surface area contributed by atoms with Crippen LogP contribution < -0.4 is 11.1 Å². The average Bonchev–Trinajstić information content (AvgIpc) is 2.89. The summed E-state index contributed by atoms with van der Waals surface area (Å²) in [5.74, 6) is -0.874. The van der Waals surface area contributed by atoms with Gasteiger partial charge in [-0.2, -0.15) is 0 Å². The molecule has 0 radical (unpaired) electrons. The number of primary amides is 1. The number of aromatic nitrogens is 1. The first-order valence-electron chi connectivity index (χ1n) is 5.90. The topological polar surface area (TPSA) is 68.0 Å². The Labute approximate surface area is 124 Å². The number of rotatable bonds is 5. The molecule has 2 aromatic rings. The lowest BCUT2D eigenvalue weighted by molar-refractivity contribution is -0.117. The monoisotopic (exact) mass is 313 g/mol. The highest BCUT2D eigenvalue weighted by Crippen LogP contribution is 2.28. The minimum Gasteiger partial charge on any atom is -0.369 e. The molecule has 0 bridgehead atoms. The van der Waals surface area contributed by atoms with Crippen molar-refractivity contribution in [1.29, 1.82) is 0 Å². The SMILES string of the molecule is CC(NCC(N)=O)c1nc(-c2ccc(F)c(Cl)c2)cs1. The number of nitrogens with two attached hydrogens (primary N) is 1. The van der Waals surface area contributed by atoms with Crippen LogP contribution in [0.5, 0.6) is 0 Å². The number of benzene rings is 1. The minimum atomic E-state index is -0.456. The molecule has 3 N–H and O–H groups in total. The summed E-state index contributed by atoms with van der Waals surface area (Å²) in [4.78, 5) is 15.2. The molecule has 1 heterocycles. The predicted octanol–water partition coefficient (Wildman–Crippen LogP) is 2.74. The number of carbonyl (C=O) groups excluding carboxylic acids is 1. The molecule has 0 spiro atoms. The number of amides is 1. The molecule has 4 nitrogen and oxygen atoms in total. The van der Waals surface area contributed by atoms with Crippen LogP contribution >= 0.6 is 22.9 Å². The van der Waals surface area contributed by atoms with E-state index < -0.39 is 11.7 Å². The molecule has 7 heteroatoms. The zero-order valence-corrected chi connectivity index (χ0v) is 12.3. The maximum atomic E-state index is 13.1. The molecule has 20 heavy (non-hydrogen) atoms. The van der Waals surface area contributed by atoms with Crippen LogP contribution in [0, 0.1) is 5.82 Å². The third kappa shape index (κ3) is 3.53. The fourth-order valence-corrected chi connectivity index (χ4v) is 2.66. The van der Waals surface area contributed by atoms with Crippen molar-refractivity contribution in [3.8, 4) is 11.3 Å². The third-order valence-corrected chi connectivity index (χ3v) is 4.01. The molecule has 1 atom stereocenters. The fourth-order valence-electron chi connectivity index (χ4n) is 1.62. The van der Waals surface area contributed by atoms with Crippen LogP contribution in [-0.2, 0) is 4.79 Å². The van der Waals surface area contributed by atoms with Crippen molar-refractivity contribution < 1.29 is 9.18 Å². The first-order chi connectivity index (χ1) is 9.47. The minimum absolute atomic E-state index is 0.0666. The Hall–Kier alpha value is -1.50. The van der Waals surface area contributed by atoms with E-state index in [0.717, 1.165) is 16.3 Å². The lowest BCUT2D eigenvalue weighted by atomic mass is 10.2. The van der Waals surface area contributed by atoms with E-state index in [1.807, 2.05) is 12.3 Å². The summed E-state index contributed by atoms with van der Waals surface area (Å²) >= 11 is 7.21. The molecule has 1 unspecified atom stereocenters. The Morgan fingerprint density at radius 1 is 1.60 bits per heavy atom. The highest BCUT2D eigenvalue weighted by molar-refractivity contribution is 7.10. The van der Waals surface area contributed by atoms with E-state index >= 15 is 0 Å². The number of halogens is 2.